The number of carbonyl (C=O) groups excluding carboxylic acids is 1. The molecule has 1 aliphatic rings. The summed E-state index contributed by atoms with van der Waals surface area (Å²) in [6.45, 7) is 2.98. The Hall–Kier alpha value is -5.08. The Morgan fingerprint density at radius 1 is 1.03 bits per heavy atom. The van der Waals surface area contributed by atoms with Crippen LogP contribution in [0.1, 0.15) is 11.3 Å². The molecule has 0 spiro atoms. The second-order valence-electron chi connectivity index (χ2n) is 8.87. The van der Waals surface area contributed by atoms with Gasteiger partial charge in [-0.15, -0.1) is 0 Å². The molecule has 11 nitrogen and oxygen atoms in total. The molecular weight excluding hydrogens is 482 g/mol. The second-order valence-corrected chi connectivity index (χ2v) is 8.87. The first-order chi connectivity index (χ1) is 18.7. The van der Waals surface area contributed by atoms with E-state index in [-0.39, 0.29) is 12.3 Å². The SMILES string of the molecule is N#Cc1ccc(-c2cc(NC(=O)Cc3ccc(-c4cc5c(N6CCOCC6)ncnc5[nH]4)cc3)n[nH]2)cn1. The highest BCUT2D eigenvalue weighted by molar-refractivity contribution is 5.93. The largest absolute Gasteiger partial charge is 0.378 e. The molecule has 6 rings (SSSR count). The molecule has 1 aliphatic heterocycles. The lowest BCUT2D eigenvalue weighted by Crippen LogP contribution is -2.36. The third kappa shape index (κ3) is 4.80. The number of carbonyl (C=O) groups is 1. The van der Waals surface area contributed by atoms with Gasteiger partial charge < -0.3 is 19.9 Å². The van der Waals surface area contributed by atoms with Gasteiger partial charge >= 0.3 is 0 Å². The minimum Gasteiger partial charge on any atom is -0.378 e. The number of anilines is 2. The number of hydrogen-bond acceptors (Lipinski definition) is 8. The number of nitriles is 1. The van der Waals surface area contributed by atoms with Crippen molar-refractivity contribution in [3.8, 4) is 28.6 Å². The number of nitrogens with zero attached hydrogens (tertiary/aromatic N) is 6. The van der Waals surface area contributed by atoms with Gasteiger partial charge in [0.15, 0.2) is 5.82 Å². The minimum absolute atomic E-state index is 0.176. The van der Waals surface area contributed by atoms with Gasteiger partial charge in [0.2, 0.25) is 5.91 Å². The number of H-pyrrole nitrogens is 2. The van der Waals surface area contributed by atoms with Crippen LogP contribution in [0, 0.1) is 11.3 Å². The first-order valence-electron chi connectivity index (χ1n) is 12.1. The van der Waals surface area contributed by atoms with Gasteiger partial charge in [-0.25, -0.2) is 15.0 Å². The molecule has 1 saturated heterocycles. The van der Waals surface area contributed by atoms with Crippen LogP contribution in [0.15, 0.2) is 61.1 Å². The van der Waals surface area contributed by atoms with Crippen LogP contribution in [0.5, 0.6) is 0 Å². The van der Waals surface area contributed by atoms with Gasteiger partial charge in [0.05, 0.1) is 30.7 Å². The molecule has 0 unspecified atom stereocenters. The van der Waals surface area contributed by atoms with Crippen molar-refractivity contribution >= 4 is 28.6 Å². The molecule has 0 saturated carbocycles. The normalized spacial score (nSPS) is 13.4. The molecule has 1 aromatic carbocycles. The maximum Gasteiger partial charge on any atom is 0.229 e. The molecule has 38 heavy (non-hydrogen) atoms. The third-order valence-electron chi connectivity index (χ3n) is 6.38. The topological polar surface area (TPSA) is 148 Å². The van der Waals surface area contributed by atoms with Gasteiger partial charge in [-0.2, -0.15) is 10.4 Å². The van der Waals surface area contributed by atoms with Crippen molar-refractivity contribution in [1.29, 1.82) is 5.26 Å². The lowest BCUT2D eigenvalue weighted by molar-refractivity contribution is -0.115. The van der Waals surface area contributed by atoms with E-state index >= 15 is 0 Å². The summed E-state index contributed by atoms with van der Waals surface area (Å²) >= 11 is 0. The molecule has 5 heterocycles. The van der Waals surface area contributed by atoms with E-state index in [1.807, 2.05) is 30.3 Å². The lowest BCUT2D eigenvalue weighted by Gasteiger charge is -2.27. The zero-order chi connectivity index (χ0) is 25.9. The molecule has 3 N–H and O–H groups in total. The van der Waals surface area contributed by atoms with E-state index in [2.05, 4.69) is 46.4 Å². The van der Waals surface area contributed by atoms with E-state index in [1.165, 1.54) is 0 Å². The molecular formula is C27H23N9O2. The number of ether oxygens (including phenoxy) is 1. The number of hydrogen-bond donors (Lipinski definition) is 3. The molecule has 188 valence electrons. The van der Waals surface area contributed by atoms with Crippen LogP contribution in [-0.4, -0.2) is 62.3 Å². The molecule has 0 atom stereocenters. The Labute approximate surface area is 217 Å². The number of aromatic amines is 2. The van der Waals surface area contributed by atoms with E-state index in [1.54, 1.807) is 30.7 Å². The molecule has 11 heteroatoms. The average Bonchev–Trinajstić information content (AvgIpc) is 3.61. The van der Waals surface area contributed by atoms with Crippen LogP contribution in [0.3, 0.4) is 0 Å². The highest BCUT2D eigenvalue weighted by Gasteiger charge is 2.17. The monoisotopic (exact) mass is 505 g/mol. The maximum atomic E-state index is 12.6. The van der Waals surface area contributed by atoms with Crippen molar-refractivity contribution in [3.63, 3.8) is 0 Å². The summed E-state index contributed by atoms with van der Waals surface area (Å²) in [7, 11) is 0. The number of benzene rings is 1. The summed E-state index contributed by atoms with van der Waals surface area (Å²) in [6, 6.07) is 17.0. The molecule has 0 bridgehead atoms. The molecule has 5 aromatic rings. The second kappa shape index (κ2) is 10.1. The Morgan fingerprint density at radius 3 is 2.61 bits per heavy atom. The first-order valence-corrected chi connectivity index (χ1v) is 12.1. The number of morpholine rings is 1. The van der Waals surface area contributed by atoms with Crippen molar-refractivity contribution in [2.45, 2.75) is 6.42 Å². The number of aromatic nitrogens is 6. The number of amides is 1. The number of rotatable bonds is 6. The summed E-state index contributed by atoms with van der Waals surface area (Å²) in [4.78, 5) is 31.2. The maximum absolute atomic E-state index is 12.6. The summed E-state index contributed by atoms with van der Waals surface area (Å²) in [6.07, 6.45) is 3.38. The number of pyridine rings is 1. The van der Waals surface area contributed by atoms with E-state index in [4.69, 9.17) is 10.00 Å². The Bertz CT molecular complexity index is 1630. The van der Waals surface area contributed by atoms with Gasteiger partial charge in [0.25, 0.3) is 0 Å². The van der Waals surface area contributed by atoms with E-state index in [0.717, 1.165) is 52.3 Å². The van der Waals surface area contributed by atoms with Gasteiger partial charge in [-0.3, -0.25) is 9.89 Å². The third-order valence-corrected chi connectivity index (χ3v) is 6.38. The Balaban J connectivity index is 1.12. The molecule has 1 fully saturated rings. The number of fused-ring (bicyclic) bond motifs is 1. The van der Waals surface area contributed by atoms with Crippen molar-refractivity contribution in [3.05, 3.63) is 72.3 Å². The molecule has 0 aliphatic carbocycles. The number of nitrogens with one attached hydrogen (secondary N) is 3. The van der Waals surface area contributed by atoms with Crippen molar-refractivity contribution in [1.82, 2.24) is 30.1 Å². The molecule has 4 aromatic heterocycles. The van der Waals surface area contributed by atoms with Crippen LogP contribution in [0.2, 0.25) is 0 Å². The average molecular weight is 506 g/mol. The van der Waals surface area contributed by atoms with Crippen molar-refractivity contribution < 1.29 is 9.53 Å². The fourth-order valence-corrected chi connectivity index (χ4v) is 4.44. The standard InChI is InChI=1S/C27H23N9O2/c28-14-20-6-5-19(15-29-20)23-13-24(35-34-23)33-25(37)11-17-1-3-18(4-2-17)22-12-21-26(32-22)30-16-31-27(21)36-7-9-38-10-8-36/h1-6,12-13,15-16H,7-11H2,(H,30,31,32)(H2,33,34,35,37). The van der Waals surface area contributed by atoms with Gasteiger partial charge in [0, 0.05) is 36.6 Å². The predicted molar refractivity (Wildman–Crippen MR) is 141 cm³/mol. The van der Waals surface area contributed by atoms with E-state index in [9.17, 15) is 4.79 Å². The predicted octanol–water partition coefficient (Wildman–Crippen LogP) is 3.30. The fraction of sp³-hybridized carbons (Fsp3) is 0.185. The lowest BCUT2D eigenvalue weighted by atomic mass is 10.1. The van der Waals surface area contributed by atoms with Crippen molar-refractivity contribution in [2.75, 3.05) is 36.5 Å². The van der Waals surface area contributed by atoms with Crippen LogP contribution in [0.25, 0.3) is 33.5 Å². The zero-order valence-electron chi connectivity index (χ0n) is 20.3. The molecule has 0 radical (unpaired) electrons. The quantitative estimate of drug-likeness (QED) is 0.318. The highest BCUT2D eigenvalue weighted by Crippen LogP contribution is 2.29. The van der Waals surface area contributed by atoms with Gasteiger partial charge in [0.1, 0.15) is 29.6 Å². The van der Waals surface area contributed by atoms with Crippen molar-refractivity contribution in [2.24, 2.45) is 0 Å². The van der Waals surface area contributed by atoms with E-state index < -0.39 is 0 Å². The summed E-state index contributed by atoms with van der Waals surface area (Å²) in [5.41, 5.74) is 5.40. The zero-order valence-corrected chi connectivity index (χ0v) is 20.3. The highest BCUT2D eigenvalue weighted by atomic mass is 16.5. The molecule has 1 amide bonds. The van der Waals surface area contributed by atoms with Gasteiger partial charge in [-0.1, -0.05) is 24.3 Å². The Morgan fingerprint density at radius 2 is 1.84 bits per heavy atom. The summed E-state index contributed by atoms with van der Waals surface area (Å²) in [5, 5.41) is 19.7. The first kappa shape index (κ1) is 23.3. The summed E-state index contributed by atoms with van der Waals surface area (Å²) < 4.78 is 5.47. The fourth-order valence-electron chi connectivity index (χ4n) is 4.44. The van der Waals surface area contributed by atoms with Gasteiger partial charge in [-0.05, 0) is 29.3 Å². The smallest absolute Gasteiger partial charge is 0.229 e. The van der Waals surface area contributed by atoms with Crippen LogP contribution in [0.4, 0.5) is 11.6 Å². The van der Waals surface area contributed by atoms with Crippen LogP contribution < -0.4 is 10.2 Å². The Kier molecular flexibility index (Phi) is 6.21. The van der Waals surface area contributed by atoms with Crippen LogP contribution >= 0.6 is 0 Å². The summed E-state index contributed by atoms with van der Waals surface area (Å²) in [5.74, 6) is 1.15. The van der Waals surface area contributed by atoms with E-state index in [0.29, 0.717) is 30.4 Å². The van der Waals surface area contributed by atoms with Crippen LogP contribution in [-0.2, 0) is 16.0 Å². The minimum atomic E-state index is -0.176.